The van der Waals surface area contributed by atoms with Crippen LogP contribution >= 0.6 is 22.9 Å². The second-order valence-corrected chi connectivity index (χ2v) is 8.08. The maximum Gasteiger partial charge on any atom is 0.343 e. The Morgan fingerprint density at radius 3 is 2.41 bits per heavy atom. The molecule has 2 aromatic carbocycles. The van der Waals surface area contributed by atoms with E-state index in [1.807, 2.05) is 60.7 Å². The number of hydrogen-bond donors (Lipinski definition) is 0. The normalized spacial score (nSPS) is 10.7. The Balaban J connectivity index is 1.50. The van der Waals surface area contributed by atoms with Gasteiger partial charge in [-0.05, 0) is 31.2 Å². The van der Waals surface area contributed by atoms with Crippen LogP contribution in [-0.2, 0) is 16.1 Å². The maximum atomic E-state index is 12.7. The van der Waals surface area contributed by atoms with E-state index >= 15 is 0 Å². The topological polar surface area (TPSA) is 77.3 Å². The van der Waals surface area contributed by atoms with E-state index in [1.54, 1.807) is 12.3 Å². The monoisotopic (exact) mass is 466 g/mol. The van der Waals surface area contributed by atoms with Crippen molar-refractivity contribution in [3.63, 3.8) is 0 Å². The van der Waals surface area contributed by atoms with Crippen molar-refractivity contribution in [3.05, 3.63) is 88.1 Å². The van der Waals surface area contributed by atoms with Crippen LogP contribution in [0.1, 0.15) is 28.7 Å². The standard InChI is InChI=1S/C23H19ClN4O3S/c1-15-20(21(24)28(26-15)19-11-7-4-8-12-19)22(30)31-13-17-14-32-23(25-17)27(16(2)29)18-9-5-3-6-10-18/h3-12,14H,13H2,1-2H3. The fraction of sp³-hybridized carbons (Fsp3) is 0.130. The van der Waals surface area contributed by atoms with Crippen LogP contribution < -0.4 is 4.90 Å². The van der Waals surface area contributed by atoms with Crippen molar-refractivity contribution in [1.82, 2.24) is 14.8 Å². The lowest BCUT2D eigenvalue weighted by molar-refractivity contribution is -0.115. The summed E-state index contributed by atoms with van der Waals surface area (Å²) in [5.41, 5.74) is 2.67. The number of amides is 1. The predicted octanol–water partition coefficient (Wildman–Crippen LogP) is 5.33. The van der Waals surface area contributed by atoms with Gasteiger partial charge in [-0.2, -0.15) is 5.10 Å². The number of carbonyl (C=O) groups is 2. The van der Waals surface area contributed by atoms with Crippen LogP contribution in [0.15, 0.2) is 66.0 Å². The number of hydrogen-bond acceptors (Lipinski definition) is 6. The number of aryl methyl sites for hydroxylation is 1. The number of anilines is 2. The smallest absolute Gasteiger partial charge is 0.343 e. The van der Waals surface area contributed by atoms with Crippen LogP contribution in [0.4, 0.5) is 10.8 Å². The molecular weight excluding hydrogens is 448 g/mol. The highest BCUT2D eigenvalue weighted by molar-refractivity contribution is 7.14. The zero-order valence-electron chi connectivity index (χ0n) is 17.4. The number of nitrogens with zero attached hydrogens (tertiary/aromatic N) is 4. The van der Waals surface area contributed by atoms with Crippen molar-refractivity contribution in [3.8, 4) is 5.69 Å². The van der Waals surface area contributed by atoms with Crippen molar-refractivity contribution >= 4 is 45.6 Å². The molecule has 0 bridgehead atoms. The van der Waals surface area contributed by atoms with E-state index in [-0.39, 0.29) is 23.2 Å². The Morgan fingerprint density at radius 2 is 1.75 bits per heavy atom. The van der Waals surface area contributed by atoms with Gasteiger partial charge >= 0.3 is 5.97 Å². The molecular formula is C23H19ClN4O3S. The fourth-order valence-corrected chi connectivity index (χ4v) is 4.37. The summed E-state index contributed by atoms with van der Waals surface area (Å²) < 4.78 is 6.95. The van der Waals surface area contributed by atoms with Crippen molar-refractivity contribution in [2.24, 2.45) is 0 Å². The van der Waals surface area contributed by atoms with Gasteiger partial charge in [0.15, 0.2) is 5.13 Å². The molecule has 0 unspecified atom stereocenters. The van der Waals surface area contributed by atoms with Crippen LogP contribution in [0.2, 0.25) is 5.15 Å². The first-order chi connectivity index (χ1) is 15.5. The Bertz CT molecular complexity index is 1260. The van der Waals surface area contributed by atoms with Gasteiger partial charge in [0.1, 0.15) is 17.3 Å². The molecule has 0 aliphatic carbocycles. The van der Waals surface area contributed by atoms with Crippen molar-refractivity contribution in [1.29, 1.82) is 0 Å². The number of halogens is 1. The molecule has 162 valence electrons. The van der Waals surface area contributed by atoms with Gasteiger partial charge in [0.05, 0.1) is 22.8 Å². The molecule has 4 aromatic rings. The first-order valence-corrected chi connectivity index (χ1v) is 11.0. The van der Waals surface area contributed by atoms with Gasteiger partial charge in [-0.3, -0.25) is 9.69 Å². The average molecular weight is 467 g/mol. The molecule has 0 aliphatic rings. The minimum Gasteiger partial charge on any atom is -0.455 e. The largest absolute Gasteiger partial charge is 0.455 e. The lowest BCUT2D eigenvalue weighted by Crippen LogP contribution is -2.22. The number of aromatic nitrogens is 3. The summed E-state index contributed by atoms with van der Waals surface area (Å²) in [5.74, 6) is -0.749. The molecule has 1 amide bonds. The molecule has 9 heteroatoms. The van der Waals surface area contributed by atoms with Crippen LogP contribution in [-0.4, -0.2) is 26.6 Å². The molecule has 0 aliphatic heterocycles. The third-order valence-electron chi connectivity index (χ3n) is 4.62. The van der Waals surface area contributed by atoms with E-state index in [1.165, 1.54) is 27.8 Å². The lowest BCUT2D eigenvalue weighted by Gasteiger charge is -2.17. The summed E-state index contributed by atoms with van der Waals surface area (Å²) >= 11 is 7.73. The first-order valence-electron chi connectivity index (χ1n) is 9.73. The zero-order chi connectivity index (χ0) is 22.7. The van der Waals surface area contributed by atoms with Crippen LogP contribution in [0.5, 0.6) is 0 Å². The van der Waals surface area contributed by atoms with Crippen LogP contribution in [0, 0.1) is 6.92 Å². The SMILES string of the molecule is CC(=O)N(c1ccccc1)c1nc(COC(=O)c2c(C)nn(-c3ccccc3)c2Cl)cs1. The second-order valence-electron chi connectivity index (χ2n) is 6.89. The third-order valence-corrected chi connectivity index (χ3v) is 5.84. The molecule has 4 rings (SSSR count). The third kappa shape index (κ3) is 4.42. The summed E-state index contributed by atoms with van der Waals surface area (Å²) in [5, 5.41) is 6.80. The number of ether oxygens (including phenoxy) is 1. The van der Waals surface area contributed by atoms with E-state index in [2.05, 4.69) is 10.1 Å². The van der Waals surface area contributed by atoms with Crippen molar-refractivity contribution in [2.75, 3.05) is 4.90 Å². The quantitative estimate of drug-likeness (QED) is 0.359. The summed E-state index contributed by atoms with van der Waals surface area (Å²) in [6, 6.07) is 18.5. The van der Waals surface area contributed by atoms with Crippen LogP contribution in [0.25, 0.3) is 5.69 Å². The van der Waals surface area contributed by atoms with Crippen molar-refractivity contribution in [2.45, 2.75) is 20.5 Å². The molecule has 32 heavy (non-hydrogen) atoms. The molecule has 0 saturated heterocycles. The Kier molecular flexibility index (Phi) is 6.34. The Morgan fingerprint density at radius 1 is 1.09 bits per heavy atom. The Hall–Kier alpha value is -3.49. The summed E-state index contributed by atoms with van der Waals surface area (Å²) in [7, 11) is 0. The summed E-state index contributed by atoms with van der Waals surface area (Å²) in [6.45, 7) is 3.12. The summed E-state index contributed by atoms with van der Waals surface area (Å²) in [6.07, 6.45) is 0. The second kappa shape index (κ2) is 9.33. The molecule has 2 aromatic heterocycles. The van der Waals surface area contributed by atoms with E-state index in [9.17, 15) is 9.59 Å². The minimum atomic E-state index is -0.587. The fourth-order valence-electron chi connectivity index (χ4n) is 3.15. The molecule has 2 heterocycles. The zero-order valence-corrected chi connectivity index (χ0v) is 18.9. The number of carbonyl (C=O) groups excluding carboxylic acids is 2. The molecule has 0 spiro atoms. The van der Waals surface area contributed by atoms with E-state index in [4.69, 9.17) is 16.3 Å². The van der Waals surface area contributed by atoms with Crippen molar-refractivity contribution < 1.29 is 14.3 Å². The maximum absolute atomic E-state index is 12.7. The Labute approximate surface area is 193 Å². The number of thiazole rings is 1. The van der Waals surface area contributed by atoms with Gasteiger partial charge in [-0.25, -0.2) is 14.5 Å². The van der Waals surface area contributed by atoms with Gasteiger partial charge in [-0.15, -0.1) is 11.3 Å². The molecule has 0 atom stereocenters. The van der Waals surface area contributed by atoms with Crippen LogP contribution in [0.3, 0.4) is 0 Å². The van der Waals surface area contributed by atoms with Gasteiger partial charge in [0.2, 0.25) is 5.91 Å². The van der Waals surface area contributed by atoms with Gasteiger partial charge < -0.3 is 4.74 Å². The number of rotatable bonds is 6. The first kappa shape index (κ1) is 21.7. The van der Waals surface area contributed by atoms with Gasteiger partial charge in [-0.1, -0.05) is 48.0 Å². The van der Waals surface area contributed by atoms with Gasteiger partial charge in [0.25, 0.3) is 0 Å². The predicted molar refractivity (Wildman–Crippen MR) is 124 cm³/mol. The average Bonchev–Trinajstić information content (AvgIpc) is 3.37. The highest BCUT2D eigenvalue weighted by Gasteiger charge is 2.23. The van der Waals surface area contributed by atoms with E-state index < -0.39 is 5.97 Å². The van der Waals surface area contributed by atoms with E-state index in [0.29, 0.717) is 22.2 Å². The molecule has 0 fully saturated rings. The molecule has 7 nitrogen and oxygen atoms in total. The molecule has 0 radical (unpaired) electrons. The lowest BCUT2D eigenvalue weighted by atomic mass is 10.2. The highest BCUT2D eigenvalue weighted by Crippen LogP contribution is 2.29. The number of benzene rings is 2. The minimum absolute atomic E-state index is 0.0534. The van der Waals surface area contributed by atoms with Gasteiger partial charge in [0, 0.05) is 12.3 Å². The number of para-hydroxylation sites is 2. The summed E-state index contributed by atoms with van der Waals surface area (Å²) in [4.78, 5) is 30.9. The number of esters is 1. The molecule has 0 N–H and O–H groups in total. The highest BCUT2D eigenvalue weighted by atomic mass is 35.5. The van der Waals surface area contributed by atoms with E-state index in [0.717, 1.165) is 5.69 Å². The molecule has 0 saturated carbocycles.